The van der Waals surface area contributed by atoms with Gasteiger partial charge in [-0.2, -0.15) is 0 Å². The van der Waals surface area contributed by atoms with E-state index < -0.39 is 0 Å². The van der Waals surface area contributed by atoms with Crippen LogP contribution in [0.5, 0.6) is 0 Å². The third-order valence-electron chi connectivity index (χ3n) is 6.20. The van der Waals surface area contributed by atoms with Crippen LogP contribution in [0.2, 0.25) is 0 Å². The molecule has 6 nitrogen and oxygen atoms in total. The first kappa shape index (κ1) is 19.1. The fraction of sp³-hybridized carbons (Fsp3) is 0.591. The molecule has 0 saturated heterocycles. The van der Waals surface area contributed by atoms with Crippen molar-refractivity contribution in [2.75, 3.05) is 13.1 Å². The highest BCUT2D eigenvalue weighted by Crippen LogP contribution is 2.19. The Morgan fingerprint density at radius 1 is 1.14 bits per heavy atom. The summed E-state index contributed by atoms with van der Waals surface area (Å²) in [5.74, 6) is 0.766. The van der Waals surface area contributed by atoms with Crippen LogP contribution in [-0.2, 0) is 13.0 Å². The van der Waals surface area contributed by atoms with Gasteiger partial charge in [-0.1, -0.05) is 19.3 Å². The van der Waals surface area contributed by atoms with Crippen molar-refractivity contribution >= 4 is 16.8 Å². The molecule has 1 amide bonds. The van der Waals surface area contributed by atoms with Crippen LogP contribution in [0.4, 0.5) is 0 Å². The van der Waals surface area contributed by atoms with Crippen molar-refractivity contribution in [3.8, 4) is 0 Å². The van der Waals surface area contributed by atoms with E-state index >= 15 is 0 Å². The van der Waals surface area contributed by atoms with Gasteiger partial charge in [-0.05, 0) is 44.9 Å². The van der Waals surface area contributed by atoms with Gasteiger partial charge in [0.05, 0.1) is 10.9 Å². The molecular formula is C22H30N4O2. The van der Waals surface area contributed by atoms with Crippen LogP contribution in [0.25, 0.3) is 10.9 Å². The maximum absolute atomic E-state index is 13.0. The van der Waals surface area contributed by atoms with E-state index in [1.54, 1.807) is 18.2 Å². The van der Waals surface area contributed by atoms with E-state index in [1.807, 2.05) is 4.57 Å². The molecule has 1 aromatic heterocycles. The van der Waals surface area contributed by atoms with E-state index in [1.165, 1.54) is 19.3 Å². The minimum Gasteiger partial charge on any atom is -0.349 e. The van der Waals surface area contributed by atoms with Gasteiger partial charge in [-0.25, -0.2) is 4.98 Å². The molecule has 1 aliphatic carbocycles. The maximum atomic E-state index is 13.0. The zero-order valence-corrected chi connectivity index (χ0v) is 16.9. The smallest absolute Gasteiger partial charge is 0.261 e. The number of rotatable bonds is 3. The molecule has 2 heterocycles. The van der Waals surface area contributed by atoms with Gasteiger partial charge in [0.2, 0.25) is 0 Å². The number of amides is 1. The van der Waals surface area contributed by atoms with E-state index in [0.29, 0.717) is 29.1 Å². The second-order valence-electron chi connectivity index (χ2n) is 8.40. The number of hydrogen-bond acceptors (Lipinski definition) is 4. The topological polar surface area (TPSA) is 67.2 Å². The van der Waals surface area contributed by atoms with E-state index in [4.69, 9.17) is 4.98 Å². The fourth-order valence-electron chi connectivity index (χ4n) is 4.45. The van der Waals surface area contributed by atoms with Gasteiger partial charge in [-0.3, -0.25) is 19.1 Å². The molecule has 1 aliphatic heterocycles. The average Bonchev–Trinajstić information content (AvgIpc) is 2.91. The van der Waals surface area contributed by atoms with Gasteiger partial charge in [0.1, 0.15) is 5.82 Å². The molecule has 1 fully saturated rings. The normalized spacial score (nSPS) is 18.8. The Morgan fingerprint density at radius 2 is 1.93 bits per heavy atom. The molecule has 2 aliphatic rings. The van der Waals surface area contributed by atoms with Gasteiger partial charge in [0, 0.05) is 43.7 Å². The number of nitrogens with zero attached hydrogens (tertiary/aromatic N) is 3. The molecule has 1 saturated carbocycles. The third-order valence-corrected chi connectivity index (χ3v) is 6.20. The van der Waals surface area contributed by atoms with Crippen molar-refractivity contribution in [3.63, 3.8) is 0 Å². The lowest BCUT2D eigenvalue weighted by Crippen LogP contribution is -2.36. The molecule has 4 rings (SSSR count). The number of aromatic nitrogens is 2. The zero-order valence-electron chi connectivity index (χ0n) is 16.9. The molecule has 0 atom stereocenters. The summed E-state index contributed by atoms with van der Waals surface area (Å²) in [6.07, 6.45) is 6.48. The number of carbonyl (C=O) groups excluding carboxylic acids is 1. The van der Waals surface area contributed by atoms with Crippen LogP contribution >= 0.6 is 0 Å². The fourth-order valence-corrected chi connectivity index (χ4v) is 4.45. The van der Waals surface area contributed by atoms with Crippen molar-refractivity contribution in [2.24, 2.45) is 0 Å². The summed E-state index contributed by atoms with van der Waals surface area (Å²) in [6, 6.07) is 6.02. The largest absolute Gasteiger partial charge is 0.349 e. The lowest BCUT2D eigenvalue weighted by atomic mass is 9.95. The second kappa shape index (κ2) is 8.03. The molecule has 28 heavy (non-hydrogen) atoms. The first-order valence-corrected chi connectivity index (χ1v) is 10.6. The highest BCUT2D eigenvalue weighted by molar-refractivity contribution is 5.97. The van der Waals surface area contributed by atoms with Crippen LogP contribution in [0.15, 0.2) is 23.0 Å². The lowest BCUT2D eigenvalue weighted by Gasteiger charge is -2.23. The molecule has 0 bridgehead atoms. The molecule has 1 aromatic carbocycles. The predicted molar refractivity (Wildman–Crippen MR) is 111 cm³/mol. The molecule has 0 spiro atoms. The Labute approximate surface area is 165 Å². The van der Waals surface area contributed by atoms with Crippen LogP contribution in [0.3, 0.4) is 0 Å². The van der Waals surface area contributed by atoms with E-state index in [2.05, 4.69) is 24.1 Å². The van der Waals surface area contributed by atoms with Crippen LogP contribution in [-0.4, -0.2) is 45.5 Å². The molecule has 150 valence electrons. The Hall–Kier alpha value is -2.21. The van der Waals surface area contributed by atoms with E-state index in [-0.39, 0.29) is 17.5 Å². The molecular weight excluding hydrogens is 352 g/mol. The van der Waals surface area contributed by atoms with Crippen LogP contribution < -0.4 is 10.9 Å². The maximum Gasteiger partial charge on any atom is 0.261 e. The van der Waals surface area contributed by atoms with Crippen molar-refractivity contribution < 1.29 is 4.79 Å². The predicted octanol–water partition coefficient (Wildman–Crippen LogP) is 2.73. The summed E-state index contributed by atoms with van der Waals surface area (Å²) in [5.41, 5.74) is 1.22. The minimum absolute atomic E-state index is 0.00449. The van der Waals surface area contributed by atoms with Crippen molar-refractivity contribution in [3.05, 3.63) is 39.9 Å². The zero-order chi connectivity index (χ0) is 19.7. The van der Waals surface area contributed by atoms with Crippen molar-refractivity contribution in [1.29, 1.82) is 0 Å². The minimum atomic E-state index is -0.0587. The van der Waals surface area contributed by atoms with E-state index in [0.717, 1.165) is 38.2 Å². The summed E-state index contributed by atoms with van der Waals surface area (Å²) in [6.45, 7) is 6.79. The Morgan fingerprint density at radius 3 is 2.68 bits per heavy atom. The quantitative estimate of drug-likeness (QED) is 0.886. The lowest BCUT2D eigenvalue weighted by molar-refractivity contribution is 0.0928. The number of benzene rings is 1. The van der Waals surface area contributed by atoms with Gasteiger partial charge in [0.15, 0.2) is 0 Å². The van der Waals surface area contributed by atoms with E-state index in [9.17, 15) is 9.59 Å². The average molecular weight is 383 g/mol. The molecule has 1 N–H and O–H groups in total. The first-order valence-electron chi connectivity index (χ1n) is 10.6. The van der Waals surface area contributed by atoms with Gasteiger partial charge in [0.25, 0.3) is 11.5 Å². The Kier molecular flexibility index (Phi) is 5.49. The highest BCUT2D eigenvalue weighted by atomic mass is 16.1. The standard InChI is InChI=1S/C22H30N4O2/c1-15(2)25-11-10-20-24-19-14-16(21(27)23-17-6-4-3-5-7-17)8-9-18(19)22(28)26(20)13-12-25/h8-9,14-15,17H,3-7,10-13H2,1-2H3,(H,23,27). The molecule has 0 unspecified atom stereocenters. The summed E-state index contributed by atoms with van der Waals surface area (Å²) < 4.78 is 1.81. The summed E-state index contributed by atoms with van der Waals surface area (Å²) in [4.78, 5) is 32.8. The number of fused-ring (bicyclic) bond motifs is 2. The molecule has 6 heteroatoms. The summed E-state index contributed by atoms with van der Waals surface area (Å²) in [7, 11) is 0. The van der Waals surface area contributed by atoms with Crippen LogP contribution in [0.1, 0.15) is 62.1 Å². The Balaban J connectivity index is 1.62. The van der Waals surface area contributed by atoms with Gasteiger partial charge < -0.3 is 5.32 Å². The summed E-state index contributed by atoms with van der Waals surface area (Å²) in [5, 5.41) is 3.74. The molecule has 2 aromatic rings. The third kappa shape index (κ3) is 3.83. The van der Waals surface area contributed by atoms with Gasteiger partial charge >= 0.3 is 0 Å². The Bertz CT molecular complexity index is 928. The molecule has 0 radical (unpaired) electrons. The first-order chi connectivity index (χ1) is 13.5. The number of hydrogen-bond donors (Lipinski definition) is 1. The number of carbonyl (C=O) groups is 1. The van der Waals surface area contributed by atoms with Gasteiger partial charge in [-0.15, -0.1) is 0 Å². The SMILES string of the molecule is CC(C)N1CCc2nc3cc(C(=O)NC4CCCCC4)ccc3c(=O)n2CC1. The van der Waals surface area contributed by atoms with Crippen molar-refractivity contribution in [2.45, 2.75) is 71.0 Å². The van der Waals surface area contributed by atoms with Crippen LogP contribution in [0, 0.1) is 0 Å². The second-order valence-corrected chi connectivity index (χ2v) is 8.40. The van der Waals surface area contributed by atoms with Crippen molar-refractivity contribution in [1.82, 2.24) is 19.8 Å². The number of nitrogens with one attached hydrogen (secondary N) is 1. The highest BCUT2D eigenvalue weighted by Gasteiger charge is 2.21. The summed E-state index contributed by atoms with van der Waals surface area (Å²) >= 11 is 0. The monoisotopic (exact) mass is 382 g/mol.